The van der Waals surface area contributed by atoms with E-state index in [4.69, 9.17) is 15.3 Å². The monoisotopic (exact) mass is 569 g/mol. The largest absolute Gasteiger partial charge is 0.508 e. The first-order valence-electron chi connectivity index (χ1n) is 13.1. The van der Waals surface area contributed by atoms with Crippen LogP contribution in [0.5, 0.6) is 5.75 Å². The Labute approximate surface area is 237 Å². The van der Waals surface area contributed by atoms with E-state index in [0.717, 1.165) is 5.56 Å². The number of hydrogen-bond donors (Lipinski definition) is 7. The van der Waals surface area contributed by atoms with Crippen molar-refractivity contribution >= 4 is 30.0 Å². The number of phenolic OH excluding ortho intramolecular Hbond substituents is 1. The number of aliphatic carboxylic acids is 1. The van der Waals surface area contributed by atoms with Gasteiger partial charge < -0.3 is 35.6 Å². The Kier molecular flexibility index (Phi) is 10.5. The first-order valence-corrected chi connectivity index (χ1v) is 13.1. The van der Waals surface area contributed by atoms with Crippen LogP contribution in [0, 0.1) is 25.2 Å². The number of carboxylic acid groups (broad SMARTS) is 2. The number of carbonyl (C=O) groups excluding carboxylic acids is 2. The Hall–Kier alpha value is -4.81. The first-order chi connectivity index (χ1) is 19.4. The van der Waals surface area contributed by atoms with Gasteiger partial charge in [0.05, 0.1) is 0 Å². The molecule has 2 aromatic rings. The number of alkyl carbamates (subject to hydrolysis) is 1. The zero-order valence-corrected chi connectivity index (χ0v) is 22.8. The van der Waals surface area contributed by atoms with Crippen LogP contribution in [0.1, 0.15) is 35.1 Å². The fourth-order valence-corrected chi connectivity index (χ4v) is 4.88. The molecule has 1 aliphatic rings. The number of guanidine groups is 1. The minimum atomic E-state index is -1.36. The highest BCUT2D eigenvalue weighted by atomic mass is 16.5. The van der Waals surface area contributed by atoms with E-state index in [1.807, 2.05) is 11.4 Å². The summed E-state index contributed by atoms with van der Waals surface area (Å²) in [4.78, 5) is 50.8. The molecule has 7 N–H and O–H groups in total. The van der Waals surface area contributed by atoms with Crippen LogP contribution in [0.25, 0.3) is 0 Å². The fourth-order valence-electron chi connectivity index (χ4n) is 4.88. The number of hydrogen-bond acceptors (Lipinski definition) is 7. The molecular weight excluding hydrogens is 534 g/mol. The number of aromatic hydroxyl groups is 1. The van der Waals surface area contributed by atoms with E-state index >= 15 is 0 Å². The number of rotatable bonds is 9. The third-order valence-electron chi connectivity index (χ3n) is 7.02. The molecule has 0 saturated carbocycles. The number of amides is 3. The molecule has 220 valence electrons. The Balaban J connectivity index is 1.75. The molecule has 2 atom stereocenters. The van der Waals surface area contributed by atoms with Crippen LogP contribution in [0.4, 0.5) is 9.59 Å². The molecule has 13 nitrogen and oxygen atoms in total. The number of aryl methyl sites for hydroxylation is 2. The third kappa shape index (κ3) is 8.85. The van der Waals surface area contributed by atoms with Crippen LogP contribution >= 0.6 is 0 Å². The number of likely N-dealkylation sites (tertiary alicyclic amines) is 1. The zero-order chi connectivity index (χ0) is 30.1. The Morgan fingerprint density at radius 1 is 1.02 bits per heavy atom. The smallest absolute Gasteiger partial charge is 0.411 e. The average molecular weight is 570 g/mol. The number of nitrogens with zero attached hydrogens (tertiary/aromatic N) is 1. The predicted molar refractivity (Wildman–Crippen MR) is 148 cm³/mol. The summed E-state index contributed by atoms with van der Waals surface area (Å²) in [7, 11) is 0. The van der Waals surface area contributed by atoms with E-state index in [1.54, 1.807) is 38.1 Å². The van der Waals surface area contributed by atoms with Crippen molar-refractivity contribution in [3.8, 4) is 5.75 Å². The molecule has 1 fully saturated rings. The van der Waals surface area contributed by atoms with E-state index in [2.05, 4.69) is 10.6 Å². The van der Waals surface area contributed by atoms with Gasteiger partial charge in [-0.25, -0.2) is 14.4 Å². The summed E-state index contributed by atoms with van der Waals surface area (Å²) < 4.78 is 5.30. The fraction of sp³-hybridized carbons (Fsp3) is 0.393. The lowest BCUT2D eigenvalue weighted by Gasteiger charge is -2.36. The maximum Gasteiger partial charge on any atom is 0.411 e. The van der Waals surface area contributed by atoms with E-state index in [0.29, 0.717) is 29.5 Å². The number of carbonyl (C=O) groups is 4. The standard InChI is InChI=1S/C28H35N5O8/c1-16-12-20(34)13-17(2)21(16)14-22(25(36)37)30-24(35)23(31-28(40)41-15-18-6-4-3-5-7-18)19-8-10-33(11-9-19)26(29)32-27(38)39/h3-7,12-13,19,22-23,34H,8-11,14-15H2,1-2H3,(H2,29,32)(H,30,35)(H,31,40)(H,36,37)(H,38,39). The molecule has 2 aromatic carbocycles. The highest BCUT2D eigenvalue weighted by Crippen LogP contribution is 2.24. The van der Waals surface area contributed by atoms with Gasteiger partial charge in [-0.05, 0) is 67.0 Å². The molecule has 1 heterocycles. The van der Waals surface area contributed by atoms with Gasteiger partial charge in [0, 0.05) is 19.5 Å². The lowest BCUT2D eigenvalue weighted by molar-refractivity contribution is -0.142. The number of phenols is 1. The number of carboxylic acids is 1. The summed E-state index contributed by atoms with van der Waals surface area (Å²) in [5.41, 5.74) is 2.76. The van der Waals surface area contributed by atoms with Gasteiger partial charge in [-0.15, -0.1) is 0 Å². The SMILES string of the molecule is Cc1cc(O)cc(C)c1CC(NC(=O)C(NC(=O)OCc1ccccc1)C1CCN(C(=N)NC(=O)O)CC1)C(=O)O. The second kappa shape index (κ2) is 14.0. The van der Waals surface area contributed by atoms with Crippen molar-refractivity contribution in [2.75, 3.05) is 13.1 Å². The van der Waals surface area contributed by atoms with Gasteiger partial charge in [0.2, 0.25) is 11.9 Å². The minimum Gasteiger partial charge on any atom is -0.508 e. The molecule has 1 saturated heterocycles. The Bertz CT molecular complexity index is 1250. The molecule has 3 rings (SSSR count). The van der Waals surface area contributed by atoms with Gasteiger partial charge in [-0.2, -0.15) is 0 Å². The number of ether oxygens (including phenoxy) is 1. The van der Waals surface area contributed by atoms with Gasteiger partial charge in [0.25, 0.3) is 0 Å². The second-order valence-electron chi connectivity index (χ2n) is 9.95. The lowest BCUT2D eigenvalue weighted by Crippen LogP contribution is -2.57. The lowest BCUT2D eigenvalue weighted by atomic mass is 9.88. The molecule has 0 radical (unpaired) electrons. The van der Waals surface area contributed by atoms with Gasteiger partial charge >= 0.3 is 18.2 Å². The molecule has 2 unspecified atom stereocenters. The van der Waals surface area contributed by atoms with Crippen LogP contribution in [-0.2, 0) is 27.4 Å². The summed E-state index contributed by atoms with van der Waals surface area (Å²) >= 11 is 0. The molecule has 3 amide bonds. The third-order valence-corrected chi connectivity index (χ3v) is 7.02. The molecule has 41 heavy (non-hydrogen) atoms. The zero-order valence-electron chi connectivity index (χ0n) is 22.8. The summed E-state index contributed by atoms with van der Waals surface area (Å²) in [5, 5.41) is 43.7. The second-order valence-corrected chi connectivity index (χ2v) is 9.95. The van der Waals surface area contributed by atoms with Gasteiger partial charge in [0.15, 0.2) is 0 Å². The van der Waals surface area contributed by atoms with Crippen molar-refractivity contribution < 1.29 is 39.2 Å². The normalized spacial score (nSPS) is 14.8. The van der Waals surface area contributed by atoms with Crippen LogP contribution < -0.4 is 16.0 Å². The van der Waals surface area contributed by atoms with E-state index in [-0.39, 0.29) is 37.8 Å². The Morgan fingerprint density at radius 3 is 2.20 bits per heavy atom. The molecular formula is C28H35N5O8. The quantitative estimate of drug-likeness (QED) is 0.175. The molecule has 0 aliphatic carbocycles. The van der Waals surface area contributed by atoms with E-state index in [1.165, 1.54) is 17.0 Å². The molecule has 0 spiro atoms. The molecule has 13 heteroatoms. The topological polar surface area (TPSA) is 201 Å². The van der Waals surface area contributed by atoms with Crippen LogP contribution in [-0.4, -0.2) is 75.4 Å². The summed E-state index contributed by atoms with van der Waals surface area (Å²) in [6.07, 6.45) is -1.63. The van der Waals surface area contributed by atoms with Gasteiger partial charge in [0.1, 0.15) is 24.4 Å². The highest BCUT2D eigenvalue weighted by molar-refractivity contribution is 5.91. The summed E-state index contributed by atoms with van der Waals surface area (Å²) in [6, 6.07) is 9.52. The minimum absolute atomic E-state index is 0.0331. The number of nitrogens with one attached hydrogen (secondary N) is 4. The van der Waals surface area contributed by atoms with Crippen molar-refractivity contribution in [3.63, 3.8) is 0 Å². The number of benzene rings is 2. The molecule has 1 aliphatic heterocycles. The van der Waals surface area contributed by atoms with Crippen molar-refractivity contribution in [3.05, 3.63) is 64.7 Å². The van der Waals surface area contributed by atoms with Crippen molar-refractivity contribution in [1.29, 1.82) is 5.41 Å². The van der Waals surface area contributed by atoms with E-state index < -0.39 is 42.1 Å². The van der Waals surface area contributed by atoms with Gasteiger partial charge in [-0.1, -0.05) is 30.3 Å². The highest BCUT2D eigenvalue weighted by Gasteiger charge is 2.36. The van der Waals surface area contributed by atoms with Crippen LogP contribution in [0.2, 0.25) is 0 Å². The predicted octanol–water partition coefficient (Wildman–Crippen LogP) is 2.33. The maximum atomic E-state index is 13.5. The average Bonchev–Trinajstić information content (AvgIpc) is 2.92. The van der Waals surface area contributed by atoms with Crippen LogP contribution in [0.15, 0.2) is 42.5 Å². The van der Waals surface area contributed by atoms with Gasteiger partial charge in [-0.3, -0.25) is 15.5 Å². The van der Waals surface area contributed by atoms with E-state index in [9.17, 15) is 29.4 Å². The maximum absolute atomic E-state index is 13.5. The number of piperidine rings is 1. The summed E-state index contributed by atoms with van der Waals surface area (Å²) in [5.74, 6) is -2.66. The molecule has 0 aromatic heterocycles. The summed E-state index contributed by atoms with van der Waals surface area (Å²) in [6.45, 7) is 3.92. The molecule has 0 bridgehead atoms. The first kappa shape index (κ1) is 30.7. The van der Waals surface area contributed by atoms with Crippen molar-refractivity contribution in [1.82, 2.24) is 20.9 Å². The van der Waals surface area contributed by atoms with Crippen molar-refractivity contribution in [2.45, 2.75) is 51.8 Å². The van der Waals surface area contributed by atoms with Crippen molar-refractivity contribution in [2.24, 2.45) is 5.92 Å². The Morgan fingerprint density at radius 2 is 1.63 bits per heavy atom. The van der Waals surface area contributed by atoms with Crippen LogP contribution in [0.3, 0.4) is 0 Å².